The zero-order valence-electron chi connectivity index (χ0n) is 11.4. The van der Waals surface area contributed by atoms with Crippen molar-refractivity contribution in [3.8, 4) is 0 Å². The van der Waals surface area contributed by atoms with E-state index >= 15 is 0 Å². The highest BCUT2D eigenvalue weighted by Crippen LogP contribution is 2.15. The number of hydrogen-bond donors (Lipinski definition) is 3. The van der Waals surface area contributed by atoms with Gasteiger partial charge in [0.1, 0.15) is 11.6 Å². The first-order valence-electron chi connectivity index (χ1n) is 6.07. The van der Waals surface area contributed by atoms with E-state index in [1.165, 1.54) is 7.11 Å². The fourth-order valence-electron chi connectivity index (χ4n) is 1.42. The summed E-state index contributed by atoms with van der Waals surface area (Å²) < 4.78 is 5.07. The third-order valence-corrected chi connectivity index (χ3v) is 3.09. The van der Waals surface area contributed by atoms with Crippen molar-refractivity contribution in [3.05, 3.63) is 0 Å². The maximum atomic E-state index is 11.9. The van der Waals surface area contributed by atoms with Crippen LogP contribution >= 0.6 is 0 Å². The molecule has 0 saturated heterocycles. The van der Waals surface area contributed by atoms with Gasteiger partial charge in [0.2, 0.25) is 0 Å². The minimum atomic E-state index is -1.19. The summed E-state index contributed by atoms with van der Waals surface area (Å²) in [6, 6.07) is -1.10. The number of nitrogens with one attached hydrogen (secondary N) is 1. The zero-order valence-corrected chi connectivity index (χ0v) is 11.4. The molecule has 3 N–H and O–H groups in total. The Morgan fingerprint density at radius 2 is 1.89 bits per heavy atom. The van der Waals surface area contributed by atoms with Gasteiger partial charge in [0.15, 0.2) is 0 Å². The van der Waals surface area contributed by atoms with Gasteiger partial charge in [0.25, 0.3) is 5.91 Å². The molecule has 0 saturated carbocycles. The highest BCUT2D eigenvalue weighted by atomic mass is 16.5. The normalized spacial score (nSPS) is 15.3. The van der Waals surface area contributed by atoms with Crippen molar-refractivity contribution in [2.75, 3.05) is 7.11 Å². The third kappa shape index (κ3) is 5.69. The van der Waals surface area contributed by atoms with E-state index in [1.54, 1.807) is 13.8 Å². The predicted octanol–water partition coefficient (Wildman–Crippen LogP) is 0.626. The SMILES string of the molecule is CCC(C)(OC)C(=O)N[C@H](CCCC(=O)O)C(=O)O. The number of amides is 1. The predicted molar refractivity (Wildman–Crippen MR) is 66.8 cm³/mol. The number of carbonyl (C=O) groups excluding carboxylic acids is 1. The molecule has 1 unspecified atom stereocenters. The van der Waals surface area contributed by atoms with Crippen LogP contribution in [-0.2, 0) is 19.1 Å². The molecule has 0 bridgehead atoms. The second-order valence-electron chi connectivity index (χ2n) is 4.44. The monoisotopic (exact) mass is 275 g/mol. The van der Waals surface area contributed by atoms with E-state index < -0.39 is 29.5 Å². The van der Waals surface area contributed by atoms with Crippen LogP contribution in [0.25, 0.3) is 0 Å². The smallest absolute Gasteiger partial charge is 0.326 e. The maximum absolute atomic E-state index is 11.9. The van der Waals surface area contributed by atoms with Crippen LogP contribution in [0.2, 0.25) is 0 Å². The van der Waals surface area contributed by atoms with Gasteiger partial charge in [-0.3, -0.25) is 9.59 Å². The largest absolute Gasteiger partial charge is 0.481 e. The lowest BCUT2D eigenvalue weighted by Crippen LogP contribution is -2.51. The Morgan fingerprint density at radius 3 is 2.26 bits per heavy atom. The molecule has 7 nitrogen and oxygen atoms in total. The Labute approximate surface area is 111 Å². The Morgan fingerprint density at radius 1 is 1.32 bits per heavy atom. The molecule has 1 amide bonds. The number of aliphatic carboxylic acids is 2. The molecule has 0 radical (unpaired) electrons. The molecule has 110 valence electrons. The van der Waals surface area contributed by atoms with Crippen LogP contribution in [0.4, 0.5) is 0 Å². The summed E-state index contributed by atoms with van der Waals surface area (Å²) in [5.41, 5.74) is -1.08. The molecule has 2 atom stereocenters. The van der Waals surface area contributed by atoms with Gasteiger partial charge < -0.3 is 20.3 Å². The zero-order chi connectivity index (χ0) is 15.1. The quantitative estimate of drug-likeness (QED) is 0.568. The molecule has 0 fully saturated rings. The van der Waals surface area contributed by atoms with E-state index in [1.807, 2.05) is 0 Å². The van der Waals surface area contributed by atoms with Crippen LogP contribution in [0.5, 0.6) is 0 Å². The molecule has 0 aromatic carbocycles. The van der Waals surface area contributed by atoms with Crippen molar-refractivity contribution >= 4 is 17.8 Å². The lowest BCUT2D eigenvalue weighted by Gasteiger charge is -2.27. The summed E-state index contributed by atoms with van der Waals surface area (Å²) in [6.07, 6.45) is 0.519. The molecule has 0 heterocycles. The minimum absolute atomic E-state index is 0.0664. The second kappa shape index (κ2) is 7.73. The average molecular weight is 275 g/mol. The van der Waals surface area contributed by atoms with E-state index in [-0.39, 0.29) is 19.3 Å². The molecule has 0 rings (SSSR count). The number of carbonyl (C=O) groups is 3. The van der Waals surface area contributed by atoms with Crippen molar-refractivity contribution in [1.82, 2.24) is 5.32 Å². The summed E-state index contributed by atoms with van der Waals surface area (Å²) in [5.74, 6) is -2.70. The standard InChI is InChI=1S/C12H21NO6/c1-4-12(2,19-3)11(18)13-8(10(16)17)6-5-7-9(14)15/h8H,4-7H2,1-3H3,(H,13,18)(H,14,15)(H,16,17)/t8-,12?/m1/s1. The van der Waals surface area contributed by atoms with Gasteiger partial charge >= 0.3 is 11.9 Å². The molecule has 0 aliphatic carbocycles. The highest BCUT2D eigenvalue weighted by Gasteiger charge is 2.33. The first-order chi connectivity index (χ1) is 8.76. The highest BCUT2D eigenvalue weighted by molar-refractivity contribution is 5.89. The van der Waals surface area contributed by atoms with Crippen molar-refractivity contribution < 1.29 is 29.3 Å². The van der Waals surface area contributed by atoms with Crippen LogP contribution in [-0.4, -0.2) is 46.8 Å². The Balaban J connectivity index is 4.54. The van der Waals surface area contributed by atoms with Crippen LogP contribution < -0.4 is 5.32 Å². The molecular weight excluding hydrogens is 254 g/mol. The van der Waals surface area contributed by atoms with Gasteiger partial charge in [-0.2, -0.15) is 0 Å². The fraction of sp³-hybridized carbons (Fsp3) is 0.750. The van der Waals surface area contributed by atoms with Crippen molar-refractivity contribution in [1.29, 1.82) is 0 Å². The molecule has 0 spiro atoms. The van der Waals surface area contributed by atoms with Crippen LogP contribution in [0, 0.1) is 0 Å². The Bertz CT molecular complexity index is 337. The van der Waals surface area contributed by atoms with E-state index in [4.69, 9.17) is 14.9 Å². The van der Waals surface area contributed by atoms with Crippen molar-refractivity contribution in [2.45, 2.75) is 51.2 Å². The number of carboxylic acid groups (broad SMARTS) is 2. The van der Waals surface area contributed by atoms with Crippen molar-refractivity contribution in [3.63, 3.8) is 0 Å². The van der Waals surface area contributed by atoms with E-state index in [0.717, 1.165) is 0 Å². The second-order valence-corrected chi connectivity index (χ2v) is 4.44. The third-order valence-electron chi connectivity index (χ3n) is 3.09. The summed E-state index contributed by atoms with van der Waals surface area (Å²) in [7, 11) is 1.38. The van der Waals surface area contributed by atoms with Crippen LogP contribution in [0.1, 0.15) is 39.5 Å². The number of methoxy groups -OCH3 is 1. The van der Waals surface area contributed by atoms with Gasteiger partial charge in [0, 0.05) is 13.5 Å². The number of rotatable bonds is 9. The maximum Gasteiger partial charge on any atom is 0.326 e. The summed E-state index contributed by atoms with van der Waals surface area (Å²) in [6.45, 7) is 3.32. The van der Waals surface area contributed by atoms with E-state index in [2.05, 4.69) is 5.32 Å². The average Bonchev–Trinajstić information content (AvgIpc) is 2.35. The lowest BCUT2D eigenvalue weighted by atomic mass is 10.0. The molecule has 0 aliphatic rings. The molecular formula is C12H21NO6. The summed E-state index contributed by atoms with van der Waals surface area (Å²) >= 11 is 0. The van der Waals surface area contributed by atoms with Gasteiger partial charge in [0.05, 0.1) is 0 Å². The molecule has 0 aromatic rings. The topological polar surface area (TPSA) is 113 Å². The molecule has 7 heteroatoms. The minimum Gasteiger partial charge on any atom is -0.481 e. The number of ether oxygens (including phenoxy) is 1. The number of carboxylic acids is 2. The first kappa shape index (κ1) is 17.4. The van der Waals surface area contributed by atoms with Crippen LogP contribution in [0.15, 0.2) is 0 Å². The Kier molecular flexibility index (Phi) is 7.06. The van der Waals surface area contributed by atoms with Crippen molar-refractivity contribution in [2.24, 2.45) is 0 Å². The molecule has 0 aromatic heterocycles. The van der Waals surface area contributed by atoms with Gasteiger partial charge in [-0.05, 0) is 26.2 Å². The van der Waals surface area contributed by atoms with Gasteiger partial charge in [-0.25, -0.2) is 4.79 Å². The van der Waals surface area contributed by atoms with Crippen LogP contribution in [0.3, 0.4) is 0 Å². The number of hydrogen-bond acceptors (Lipinski definition) is 4. The van der Waals surface area contributed by atoms with E-state index in [0.29, 0.717) is 6.42 Å². The lowest BCUT2D eigenvalue weighted by molar-refractivity contribution is -0.149. The van der Waals surface area contributed by atoms with E-state index in [9.17, 15) is 14.4 Å². The Hall–Kier alpha value is -1.63. The van der Waals surface area contributed by atoms with Gasteiger partial charge in [-0.1, -0.05) is 6.92 Å². The van der Waals surface area contributed by atoms with Gasteiger partial charge in [-0.15, -0.1) is 0 Å². The first-order valence-corrected chi connectivity index (χ1v) is 6.07. The molecule has 19 heavy (non-hydrogen) atoms. The summed E-state index contributed by atoms with van der Waals surface area (Å²) in [5, 5.41) is 19.9. The summed E-state index contributed by atoms with van der Waals surface area (Å²) in [4.78, 5) is 33.3. The fourth-order valence-corrected chi connectivity index (χ4v) is 1.42. The molecule has 0 aliphatic heterocycles.